The Morgan fingerprint density at radius 3 is 2.22 bits per heavy atom. The molecule has 0 spiro atoms. The molecular formula is C4H7IN2O2. The summed E-state index contributed by atoms with van der Waals surface area (Å²) in [4.78, 5) is 20.5. The van der Waals surface area contributed by atoms with Crippen molar-refractivity contribution >= 4 is 32.4 Å². The quantitative estimate of drug-likeness (QED) is 0.406. The molecule has 0 radical (unpaired) electrons. The zero-order chi connectivity index (χ0) is 7.44. The number of primary amides is 1. The second-order valence-corrected chi connectivity index (χ2v) is 2.52. The van der Waals surface area contributed by atoms with Crippen LogP contribution in [0.2, 0.25) is 0 Å². The number of halogens is 1. The summed E-state index contributed by atoms with van der Waals surface area (Å²) in [5.41, 5.74) is 4.83. The van der Waals surface area contributed by atoms with Crippen molar-refractivity contribution in [1.29, 1.82) is 0 Å². The molecule has 0 saturated carbocycles. The van der Waals surface area contributed by atoms with Gasteiger partial charge in [-0.1, -0.05) is 0 Å². The van der Waals surface area contributed by atoms with Crippen molar-refractivity contribution in [2.75, 3.05) is 0 Å². The number of rotatable bonds is 2. The maximum Gasteiger partial charge on any atom is 0.281 e. The SMILES string of the molecule is C[C@@H](NC(=O)I)C(N)=O. The Balaban J connectivity index is 3.63. The molecule has 0 unspecified atom stereocenters. The van der Waals surface area contributed by atoms with E-state index in [1.165, 1.54) is 29.5 Å². The van der Waals surface area contributed by atoms with Crippen LogP contribution in [0, 0.1) is 0 Å². The van der Waals surface area contributed by atoms with Gasteiger partial charge in [0.15, 0.2) is 0 Å². The number of hydrogen-bond donors (Lipinski definition) is 2. The number of carbonyl (C=O) groups excluding carboxylic acids is 2. The molecule has 9 heavy (non-hydrogen) atoms. The fraction of sp³-hybridized carbons (Fsp3) is 0.500. The molecule has 0 saturated heterocycles. The van der Waals surface area contributed by atoms with E-state index in [0.717, 1.165) is 0 Å². The van der Waals surface area contributed by atoms with Gasteiger partial charge >= 0.3 is 0 Å². The Bertz CT molecular complexity index is 137. The number of carbonyl (C=O) groups is 2. The van der Waals surface area contributed by atoms with Crippen LogP contribution in [0.5, 0.6) is 0 Å². The molecular weight excluding hydrogens is 235 g/mol. The molecule has 2 amide bonds. The minimum Gasteiger partial charge on any atom is -0.368 e. The van der Waals surface area contributed by atoms with E-state index in [1.54, 1.807) is 0 Å². The smallest absolute Gasteiger partial charge is 0.281 e. The van der Waals surface area contributed by atoms with Crippen molar-refractivity contribution in [3.8, 4) is 0 Å². The minimum atomic E-state index is -0.575. The van der Waals surface area contributed by atoms with Gasteiger partial charge in [0.05, 0.1) is 0 Å². The van der Waals surface area contributed by atoms with Gasteiger partial charge in [-0.25, -0.2) is 0 Å². The van der Waals surface area contributed by atoms with E-state index >= 15 is 0 Å². The molecule has 0 bridgehead atoms. The summed E-state index contributed by atoms with van der Waals surface area (Å²) in [6.45, 7) is 1.53. The van der Waals surface area contributed by atoms with Gasteiger partial charge in [0.25, 0.3) is 3.91 Å². The molecule has 0 aliphatic carbocycles. The summed E-state index contributed by atoms with van der Waals surface area (Å²) in [5, 5.41) is 2.32. The Morgan fingerprint density at radius 1 is 1.67 bits per heavy atom. The van der Waals surface area contributed by atoms with E-state index in [-0.39, 0.29) is 3.91 Å². The molecule has 5 heteroatoms. The lowest BCUT2D eigenvalue weighted by Crippen LogP contribution is -2.39. The van der Waals surface area contributed by atoms with Crippen LogP contribution in [0.15, 0.2) is 0 Å². The van der Waals surface area contributed by atoms with Gasteiger partial charge in [-0.2, -0.15) is 0 Å². The van der Waals surface area contributed by atoms with Crippen LogP contribution in [0.1, 0.15) is 6.92 Å². The highest BCUT2D eigenvalue weighted by atomic mass is 127. The fourth-order valence-corrected chi connectivity index (χ4v) is 0.708. The zero-order valence-electron chi connectivity index (χ0n) is 4.85. The van der Waals surface area contributed by atoms with Gasteiger partial charge in [-0.05, 0) is 6.92 Å². The van der Waals surface area contributed by atoms with Crippen LogP contribution in [0.25, 0.3) is 0 Å². The summed E-state index contributed by atoms with van der Waals surface area (Å²) in [6, 6.07) is -0.575. The Hall–Kier alpha value is -0.330. The van der Waals surface area contributed by atoms with Gasteiger partial charge in [0.2, 0.25) is 5.91 Å². The third kappa shape index (κ3) is 4.19. The maximum absolute atomic E-state index is 10.2. The monoisotopic (exact) mass is 242 g/mol. The molecule has 0 aromatic rings. The predicted octanol–water partition coefficient (Wildman–Crippen LogP) is 0.00480. The highest BCUT2D eigenvalue weighted by Crippen LogP contribution is 1.86. The first-order valence-corrected chi connectivity index (χ1v) is 3.37. The molecule has 1 atom stereocenters. The van der Waals surface area contributed by atoms with E-state index in [2.05, 4.69) is 5.32 Å². The average molecular weight is 242 g/mol. The first-order chi connectivity index (χ1) is 4.04. The molecule has 3 N–H and O–H groups in total. The van der Waals surface area contributed by atoms with Gasteiger partial charge in [0.1, 0.15) is 6.04 Å². The first kappa shape index (κ1) is 8.67. The third-order valence-corrected chi connectivity index (χ3v) is 1.07. The summed E-state index contributed by atoms with van der Waals surface area (Å²) in [6.07, 6.45) is 0. The summed E-state index contributed by atoms with van der Waals surface area (Å²) in [7, 11) is 0. The lowest BCUT2D eigenvalue weighted by atomic mass is 10.3. The average Bonchev–Trinajstić information content (AvgIpc) is 1.63. The van der Waals surface area contributed by atoms with E-state index < -0.39 is 11.9 Å². The molecule has 4 nitrogen and oxygen atoms in total. The lowest BCUT2D eigenvalue weighted by Gasteiger charge is -2.04. The number of nitrogens with one attached hydrogen (secondary N) is 1. The highest BCUT2D eigenvalue weighted by Gasteiger charge is 2.08. The third-order valence-electron chi connectivity index (χ3n) is 0.757. The summed E-state index contributed by atoms with van der Waals surface area (Å²) >= 11 is 1.53. The van der Waals surface area contributed by atoms with Gasteiger partial charge in [0, 0.05) is 22.6 Å². The first-order valence-electron chi connectivity index (χ1n) is 2.29. The van der Waals surface area contributed by atoms with Crippen molar-refractivity contribution in [2.45, 2.75) is 13.0 Å². The van der Waals surface area contributed by atoms with E-state index in [4.69, 9.17) is 5.73 Å². The fourth-order valence-electron chi connectivity index (χ4n) is 0.241. The van der Waals surface area contributed by atoms with E-state index in [0.29, 0.717) is 0 Å². The molecule has 0 aromatic heterocycles. The summed E-state index contributed by atoms with van der Waals surface area (Å²) < 4.78 is -0.279. The normalized spacial score (nSPS) is 12.2. The van der Waals surface area contributed by atoms with Crippen molar-refractivity contribution < 1.29 is 9.59 Å². The predicted molar refractivity (Wildman–Crippen MR) is 41.2 cm³/mol. The van der Waals surface area contributed by atoms with E-state index in [9.17, 15) is 9.59 Å². The Morgan fingerprint density at radius 2 is 2.11 bits per heavy atom. The second-order valence-electron chi connectivity index (χ2n) is 1.54. The van der Waals surface area contributed by atoms with Crippen LogP contribution in [-0.2, 0) is 4.79 Å². The van der Waals surface area contributed by atoms with E-state index in [1.807, 2.05) is 0 Å². The molecule has 0 aliphatic heterocycles. The van der Waals surface area contributed by atoms with Crippen LogP contribution in [-0.4, -0.2) is 15.9 Å². The largest absolute Gasteiger partial charge is 0.368 e. The standard InChI is InChI=1S/C4H7IN2O2/c1-2(3(6)8)7-4(5)9/h2H,1H3,(H2,6,8)(H,7,9)/t2-/m1/s1. The minimum absolute atomic E-state index is 0.279. The lowest BCUT2D eigenvalue weighted by molar-refractivity contribution is -0.119. The number of amides is 2. The Labute approximate surface area is 66.3 Å². The molecule has 0 aliphatic rings. The van der Waals surface area contributed by atoms with Gasteiger partial charge in [-0.3, -0.25) is 9.59 Å². The number of nitrogens with two attached hydrogens (primary N) is 1. The second kappa shape index (κ2) is 3.65. The van der Waals surface area contributed by atoms with Crippen LogP contribution in [0.3, 0.4) is 0 Å². The molecule has 52 valence electrons. The van der Waals surface area contributed by atoms with Crippen LogP contribution in [0.4, 0.5) is 4.79 Å². The molecule has 0 rings (SSSR count). The topological polar surface area (TPSA) is 72.2 Å². The molecule has 0 fully saturated rings. The van der Waals surface area contributed by atoms with Gasteiger partial charge < -0.3 is 11.1 Å². The summed E-state index contributed by atoms with van der Waals surface area (Å²) in [5.74, 6) is -0.528. The zero-order valence-corrected chi connectivity index (χ0v) is 7.01. The molecule has 0 aromatic carbocycles. The number of hydrogen-bond acceptors (Lipinski definition) is 2. The highest BCUT2D eigenvalue weighted by molar-refractivity contribution is 14.1. The van der Waals surface area contributed by atoms with Crippen molar-refractivity contribution in [3.63, 3.8) is 0 Å². The van der Waals surface area contributed by atoms with Crippen molar-refractivity contribution in [1.82, 2.24) is 5.32 Å². The Kier molecular flexibility index (Phi) is 3.52. The van der Waals surface area contributed by atoms with Crippen LogP contribution < -0.4 is 11.1 Å². The van der Waals surface area contributed by atoms with Gasteiger partial charge in [-0.15, -0.1) is 0 Å². The van der Waals surface area contributed by atoms with Crippen LogP contribution >= 0.6 is 22.6 Å². The maximum atomic E-state index is 10.2. The van der Waals surface area contributed by atoms with Crippen molar-refractivity contribution in [3.05, 3.63) is 0 Å². The molecule has 0 heterocycles. The van der Waals surface area contributed by atoms with Crippen molar-refractivity contribution in [2.24, 2.45) is 5.73 Å².